The molecule has 0 amide bonds. The molecule has 2 saturated carbocycles. The molecule has 0 radical (unpaired) electrons. The number of aliphatic hydroxyl groups is 1. The predicted octanol–water partition coefficient (Wildman–Crippen LogP) is 5.56. The van der Waals surface area contributed by atoms with Crippen LogP contribution >= 0.6 is 0 Å². The minimum Gasteiger partial charge on any atom is -0.390 e. The topological polar surface area (TPSA) is 20.2 Å². The molecule has 0 aromatic rings. The second-order valence-electron chi connectivity index (χ2n) is 8.74. The van der Waals surface area contributed by atoms with E-state index < -0.39 is 0 Å². The summed E-state index contributed by atoms with van der Waals surface area (Å²) in [5, 5.41) is 11.3. The van der Waals surface area contributed by atoms with Gasteiger partial charge in [0.2, 0.25) is 0 Å². The van der Waals surface area contributed by atoms with Crippen LogP contribution in [-0.4, -0.2) is 10.7 Å². The van der Waals surface area contributed by atoms with Crippen molar-refractivity contribution in [2.24, 2.45) is 23.2 Å². The summed E-state index contributed by atoms with van der Waals surface area (Å²) in [6.45, 7) is 9.43. The molecule has 4 atom stereocenters. The van der Waals surface area contributed by atoms with E-state index in [2.05, 4.69) is 27.7 Å². The van der Waals surface area contributed by atoms with E-state index in [9.17, 15) is 5.11 Å². The van der Waals surface area contributed by atoms with Gasteiger partial charge in [0.1, 0.15) is 0 Å². The smallest absolute Gasteiger partial charge is 0.0676 e. The van der Waals surface area contributed by atoms with E-state index in [4.69, 9.17) is 0 Å². The molecule has 0 saturated heterocycles. The Hall–Kier alpha value is -0.0400. The minimum atomic E-state index is -0.339. The van der Waals surface area contributed by atoms with Crippen molar-refractivity contribution < 1.29 is 5.11 Å². The Morgan fingerprint density at radius 1 is 1.00 bits per heavy atom. The molecular formula is C19H36O. The highest BCUT2D eigenvalue weighted by atomic mass is 16.3. The van der Waals surface area contributed by atoms with Gasteiger partial charge < -0.3 is 5.11 Å². The zero-order valence-electron chi connectivity index (χ0n) is 14.3. The van der Waals surface area contributed by atoms with E-state index in [1.54, 1.807) is 0 Å². The Morgan fingerprint density at radius 3 is 2.40 bits per heavy atom. The van der Waals surface area contributed by atoms with Gasteiger partial charge in [-0.25, -0.2) is 0 Å². The van der Waals surface area contributed by atoms with Crippen LogP contribution in [0.25, 0.3) is 0 Å². The normalized spacial score (nSPS) is 40.4. The lowest BCUT2D eigenvalue weighted by Crippen LogP contribution is -2.40. The molecule has 0 aromatic heterocycles. The van der Waals surface area contributed by atoms with Gasteiger partial charge in [0.05, 0.1) is 5.60 Å². The van der Waals surface area contributed by atoms with Gasteiger partial charge in [-0.05, 0) is 61.7 Å². The maximum atomic E-state index is 11.3. The molecule has 0 aliphatic heterocycles. The third-order valence-electron chi connectivity index (χ3n) is 6.43. The maximum Gasteiger partial charge on any atom is 0.0676 e. The highest BCUT2D eigenvalue weighted by molar-refractivity contribution is 4.93. The summed E-state index contributed by atoms with van der Waals surface area (Å²) < 4.78 is 0. The van der Waals surface area contributed by atoms with Crippen LogP contribution in [0.1, 0.15) is 91.9 Å². The summed E-state index contributed by atoms with van der Waals surface area (Å²) in [4.78, 5) is 0. The van der Waals surface area contributed by atoms with Crippen LogP contribution in [0, 0.1) is 23.2 Å². The molecule has 2 rings (SSSR count). The quantitative estimate of drug-likeness (QED) is 0.656. The standard InChI is InChI=1S/C19H36O/c1-5-15-8-6-9-17(14-15)19(20)12-7-10-16(11-13-19)18(2,3)4/h15-17,20H,5-14H2,1-4H3. The first-order chi connectivity index (χ1) is 9.35. The van der Waals surface area contributed by atoms with Crippen molar-refractivity contribution in [1.82, 2.24) is 0 Å². The maximum absolute atomic E-state index is 11.3. The van der Waals surface area contributed by atoms with Crippen molar-refractivity contribution in [2.75, 3.05) is 0 Å². The third kappa shape index (κ3) is 3.78. The Bertz CT molecular complexity index is 303. The first kappa shape index (κ1) is 16.3. The lowest BCUT2D eigenvalue weighted by atomic mass is 9.69. The van der Waals surface area contributed by atoms with E-state index in [0.717, 1.165) is 24.7 Å². The Balaban J connectivity index is 2.00. The minimum absolute atomic E-state index is 0.339. The van der Waals surface area contributed by atoms with Crippen LogP contribution in [0.15, 0.2) is 0 Å². The predicted molar refractivity (Wildman–Crippen MR) is 86.7 cm³/mol. The average Bonchev–Trinajstić information content (AvgIpc) is 2.61. The van der Waals surface area contributed by atoms with Crippen molar-refractivity contribution in [1.29, 1.82) is 0 Å². The first-order valence-electron chi connectivity index (χ1n) is 9.07. The van der Waals surface area contributed by atoms with Crippen LogP contribution in [0.5, 0.6) is 0 Å². The summed E-state index contributed by atoms with van der Waals surface area (Å²) >= 11 is 0. The van der Waals surface area contributed by atoms with E-state index in [-0.39, 0.29) is 5.60 Å². The second-order valence-corrected chi connectivity index (χ2v) is 8.74. The fourth-order valence-electron chi connectivity index (χ4n) is 4.77. The molecule has 0 heterocycles. The lowest BCUT2D eigenvalue weighted by Gasteiger charge is -2.41. The van der Waals surface area contributed by atoms with Crippen LogP contribution < -0.4 is 0 Å². The molecule has 1 heteroatoms. The Labute approximate surface area is 126 Å². The fourth-order valence-corrected chi connectivity index (χ4v) is 4.77. The number of hydrogen-bond acceptors (Lipinski definition) is 1. The van der Waals surface area contributed by atoms with Gasteiger partial charge in [0, 0.05) is 0 Å². The first-order valence-corrected chi connectivity index (χ1v) is 9.07. The van der Waals surface area contributed by atoms with Crippen molar-refractivity contribution in [3.8, 4) is 0 Å². The molecule has 118 valence electrons. The van der Waals surface area contributed by atoms with Gasteiger partial charge in [-0.1, -0.05) is 53.4 Å². The molecule has 20 heavy (non-hydrogen) atoms. The number of hydrogen-bond donors (Lipinski definition) is 1. The number of rotatable bonds is 2. The van der Waals surface area contributed by atoms with Gasteiger partial charge in [-0.2, -0.15) is 0 Å². The van der Waals surface area contributed by atoms with Crippen molar-refractivity contribution in [2.45, 2.75) is 97.5 Å². The summed E-state index contributed by atoms with van der Waals surface area (Å²) in [5.41, 5.74) is 0.0671. The van der Waals surface area contributed by atoms with Crippen molar-refractivity contribution in [3.63, 3.8) is 0 Å². The summed E-state index contributed by atoms with van der Waals surface area (Å²) in [7, 11) is 0. The summed E-state index contributed by atoms with van der Waals surface area (Å²) in [6, 6.07) is 0. The van der Waals surface area contributed by atoms with Crippen molar-refractivity contribution in [3.05, 3.63) is 0 Å². The lowest BCUT2D eigenvalue weighted by molar-refractivity contribution is -0.0547. The van der Waals surface area contributed by atoms with E-state index >= 15 is 0 Å². The highest BCUT2D eigenvalue weighted by Gasteiger charge is 2.41. The molecule has 1 N–H and O–H groups in total. The van der Waals surface area contributed by atoms with Gasteiger partial charge in [0.15, 0.2) is 0 Å². The molecule has 1 nitrogen and oxygen atoms in total. The van der Waals surface area contributed by atoms with Gasteiger partial charge in [-0.3, -0.25) is 0 Å². The molecular weight excluding hydrogens is 244 g/mol. The SMILES string of the molecule is CCC1CCCC(C2(O)CCCC(C(C)(C)C)CC2)C1. The fraction of sp³-hybridized carbons (Fsp3) is 1.00. The van der Waals surface area contributed by atoms with Crippen LogP contribution in [0.3, 0.4) is 0 Å². The van der Waals surface area contributed by atoms with Gasteiger partial charge in [0.25, 0.3) is 0 Å². The summed E-state index contributed by atoms with van der Waals surface area (Å²) in [6.07, 6.45) is 12.5. The molecule has 2 aliphatic carbocycles. The molecule has 4 unspecified atom stereocenters. The van der Waals surface area contributed by atoms with Gasteiger partial charge in [-0.15, -0.1) is 0 Å². The Kier molecular flexibility index (Phi) is 5.21. The molecule has 0 spiro atoms. The Morgan fingerprint density at radius 2 is 1.75 bits per heavy atom. The third-order valence-corrected chi connectivity index (χ3v) is 6.43. The molecule has 0 aromatic carbocycles. The molecule has 0 bridgehead atoms. The molecule has 2 fully saturated rings. The van der Waals surface area contributed by atoms with Gasteiger partial charge >= 0.3 is 0 Å². The zero-order chi connectivity index (χ0) is 14.8. The molecule has 2 aliphatic rings. The van der Waals surface area contributed by atoms with E-state index in [1.807, 2.05) is 0 Å². The van der Waals surface area contributed by atoms with E-state index in [1.165, 1.54) is 51.4 Å². The highest BCUT2D eigenvalue weighted by Crippen LogP contribution is 2.46. The van der Waals surface area contributed by atoms with Crippen molar-refractivity contribution >= 4 is 0 Å². The van der Waals surface area contributed by atoms with Crippen LogP contribution in [-0.2, 0) is 0 Å². The largest absolute Gasteiger partial charge is 0.390 e. The monoisotopic (exact) mass is 280 g/mol. The van der Waals surface area contributed by atoms with Crippen LogP contribution in [0.2, 0.25) is 0 Å². The summed E-state index contributed by atoms with van der Waals surface area (Å²) in [5.74, 6) is 2.25. The van der Waals surface area contributed by atoms with E-state index in [0.29, 0.717) is 11.3 Å². The van der Waals surface area contributed by atoms with Crippen LogP contribution in [0.4, 0.5) is 0 Å². The zero-order valence-corrected chi connectivity index (χ0v) is 14.3. The second kappa shape index (κ2) is 6.38. The average molecular weight is 280 g/mol.